The van der Waals surface area contributed by atoms with Crippen molar-refractivity contribution in [1.82, 2.24) is 29.9 Å². The fraction of sp³-hybridized carbons (Fsp3) is 0. The van der Waals surface area contributed by atoms with Crippen molar-refractivity contribution in [3.8, 4) is 0 Å². The van der Waals surface area contributed by atoms with Gasteiger partial charge in [0.05, 0.1) is 0 Å². The molecule has 30 heteroatoms. The van der Waals surface area contributed by atoms with Crippen molar-refractivity contribution >= 4 is 50.0 Å². The summed E-state index contributed by atoms with van der Waals surface area (Å²) in [5, 5.41) is 0. The van der Waals surface area contributed by atoms with Crippen LogP contribution in [0.2, 0.25) is 0 Å². The van der Waals surface area contributed by atoms with Crippen LogP contribution in [0.3, 0.4) is 0 Å². The van der Waals surface area contributed by atoms with E-state index >= 15 is 0 Å². The first kappa shape index (κ1) is 67.4. The first-order valence-corrected chi connectivity index (χ1v) is 22.2. The van der Waals surface area contributed by atoms with E-state index in [-0.39, 0.29) is 0 Å². The number of aromatic nitrogens is 6. The molecule has 6 N–H and O–H groups in total. The second kappa shape index (κ2) is 63.8. The Hall–Kier alpha value is -4.38. The van der Waals surface area contributed by atoms with Gasteiger partial charge in [-0.1, -0.05) is 36.4 Å². The van der Waals surface area contributed by atoms with Crippen LogP contribution in [-0.2, 0) is 27.4 Å². The lowest BCUT2D eigenvalue weighted by atomic mass is 10.5. The maximum atomic E-state index is 10.1. The first-order valence-electron chi connectivity index (χ1n) is 14.8. The highest BCUT2D eigenvalue weighted by Crippen LogP contribution is 2.12. The maximum absolute atomic E-state index is 10.1. The summed E-state index contributed by atoms with van der Waals surface area (Å²) < 4.78 is 112. The lowest BCUT2D eigenvalue weighted by Crippen LogP contribution is -1.58. The minimum Gasteiger partial charge on any atom is -0.323 e. The molecular formula is C30H42F6N6O12P6. The highest BCUT2D eigenvalue weighted by atomic mass is 31.2. The van der Waals surface area contributed by atoms with Gasteiger partial charge in [0.15, 0.2) is 0 Å². The number of rotatable bonds is 0. The summed E-state index contributed by atoms with van der Waals surface area (Å²) >= 11 is 0. The summed E-state index contributed by atoms with van der Waals surface area (Å²) in [6.45, 7) is 0. The van der Waals surface area contributed by atoms with Gasteiger partial charge in [0.1, 0.15) is 0 Å². The van der Waals surface area contributed by atoms with Crippen LogP contribution in [0.15, 0.2) is 184 Å². The largest absolute Gasteiger partial charge is 0.353 e. The Bertz CT molecular complexity index is 1250. The van der Waals surface area contributed by atoms with Crippen molar-refractivity contribution in [2.75, 3.05) is 0 Å². The minimum absolute atomic E-state index is 1.75. The molecule has 6 rings (SSSR count). The molecule has 0 aromatic carbocycles. The predicted molar refractivity (Wildman–Crippen MR) is 219 cm³/mol. The number of halogens is 6. The predicted octanol–water partition coefficient (Wildman–Crippen LogP) is 8.52. The van der Waals surface area contributed by atoms with Crippen molar-refractivity contribution in [3.05, 3.63) is 184 Å². The molecule has 60 heavy (non-hydrogen) atoms. The molecule has 0 saturated heterocycles. The van der Waals surface area contributed by atoms with Crippen LogP contribution in [-0.4, -0.2) is 59.3 Å². The van der Waals surface area contributed by atoms with Gasteiger partial charge in [-0.2, -0.15) is 25.2 Å². The van der Waals surface area contributed by atoms with Crippen LogP contribution in [0.25, 0.3) is 0 Å². The van der Waals surface area contributed by atoms with E-state index in [1.54, 1.807) is 74.4 Å². The van der Waals surface area contributed by atoms with E-state index in [9.17, 15) is 25.2 Å². The average molecular weight is 979 g/mol. The number of hydrogen-bond acceptors (Lipinski definition) is 12. The smallest absolute Gasteiger partial charge is 0.323 e. The molecule has 0 spiro atoms. The summed E-state index contributed by atoms with van der Waals surface area (Å²) in [7, 11) is -21.8. The van der Waals surface area contributed by atoms with Crippen molar-refractivity contribution in [2.24, 2.45) is 0 Å². The quantitative estimate of drug-likeness (QED) is 0.0613. The van der Waals surface area contributed by atoms with Crippen LogP contribution >= 0.6 is 50.0 Å². The molecule has 0 fully saturated rings. The first-order chi connectivity index (χ1) is 28.4. The van der Waals surface area contributed by atoms with E-state index in [1.165, 1.54) is 0 Å². The van der Waals surface area contributed by atoms with Gasteiger partial charge in [-0.05, 0) is 72.8 Å². The topological polar surface area (TPSA) is 301 Å². The lowest BCUT2D eigenvalue weighted by Gasteiger charge is -1.70. The molecule has 6 aromatic heterocycles. The number of hydrogen-bond donors (Lipinski definition) is 6. The summed E-state index contributed by atoms with van der Waals surface area (Å²) in [5.74, 6) is 0. The number of nitrogens with zero attached hydrogens (tertiary/aromatic N) is 6. The van der Waals surface area contributed by atoms with Crippen LogP contribution in [0, 0.1) is 0 Å². The Kier molecular flexibility index (Phi) is 71.6. The monoisotopic (exact) mass is 978 g/mol. The third kappa shape index (κ3) is 148. The summed E-state index contributed by atoms with van der Waals surface area (Å²) in [5.41, 5.74) is 0. The van der Waals surface area contributed by atoms with E-state index < -0.39 is 50.0 Å². The molecule has 0 saturated carbocycles. The Morgan fingerprint density at radius 3 is 0.300 bits per heavy atom. The normalized spacial score (nSPS) is 11.0. The molecule has 0 aliphatic carbocycles. The molecule has 6 unspecified atom stereocenters. The Labute approximate surface area is 344 Å². The Morgan fingerprint density at radius 1 is 0.217 bits per heavy atom. The van der Waals surface area contributed by atoms with Gasteiger partial charge >= 0.3 is 50.0 Å². The second-order valence-corrected chi connectivity index (χ2v) is 10.7. The molecule has 0 aliphatic rings. The zero-order valence-corrected chi connectivity index (χ0v) is 36.4. The maximum Gasteiger partial charge on any atom is 0.353 e. The van der Waals surface area contributed by atoms with E-state index in [4.69, 9.17) is 56.8 Å². The molecule has 6 heterocycles. The molecule has 0 radical (unpaired) electrons. The van der Waals surface area contributed by atoms with E-state index in [0.29, 0.717) is 0 Å². The van der Waals surface area contributed by atoms with Gasteiger partial charge in [-0.15, -0.1) is 0 Å². The van der Waals surface area contributed by atoms with Crippen molar-refractivity contribution < 1.29 is 81.9 Å². The molecule has 336 valence electrons. The van der Waals surface area contributed by atoms with Crippen LogP contribution in [0.5, 0.6) is 0 Å². The van der Waals surface area contributed by atoms with Gasteiger partial charge in [0, 0.05) is 74.4 Å². The Morgan fingerprint density at radius 2 is 0.283 bits per heavy atom. The van der Waals surface area contributed by atoms with Crippen LogP contribution in [0.4, 0.5) is 25.2 Å². The molecule has 0 aliphatic heterocycles. The second-order valence-electron chi connectivity index (χ2n) is 7.67. The van der Waals surface area contributed by atoms with Crippen molar-refractivity contribution in [1.29, 1.82) is 0 Å². The third-order valence-corrected chi connectivity index (χ3v) is 3.40. The van der Waals surface area contributed by atoms with Crippen LogP contribution in [0.1, 0.15) is 0 Å². The summed E-state index contributed by atoms with van der Waals surface area (Å²) in [6, 6.07) is 34.3. The fourth-order valence-corrected chi connectivity index (χ4v) is 1.88. The van der Waals surface area contributed by atoms with Gasteiger partial charge in [0.25, 0.3) is 0 Å². The zero-order chi connectivity index (χ0) is 46.9. The Balaban J connectivity index is -0.000000133. The van der Waals surface area contributed by atoms with Crippen LogP contribution < -0.4 is 0 Å². The van der Waals surface area contributed by atoms with Gasteiger partial charge < -0.3 is 29.4 Å². The molecular weight excluding hydrogens is 936 g/mol. The zero-order valence-electron chi connectivity index (χ0n) is 30.4. The molecule has 6 atom stereocenters. The van der Waals surface area contributed by atoms with Crippen molar-refractivity contribution in [2.45, 2.75) is 0 Å². The number of pyridine rings is 6. The molecule has 6 aromatic rings. The molecule has 0 amide bonds. The van der Waals surface area contributed by atoms with Crippen molar-refractivity contribution in [3.63, 3.8) is 0 Å². The van der Waals surface area contributed by atoms with E-state index in [2.05, 4.69) is 29.9 Å². The lowest BCUT2D eigenvalue weighted by molar-refractivity contribution is 0.458. The van der Waals surface area contributed by atoms with Gasteiger partial charge in [0.2, 0.25) is 0 Å². The SMILES string of the molecule is O=[PH](O)F.O=[PH](O)F.O=[PH](O)F.O=[PH](O)F.O=[PH](O)F.O=[PH](O)F.c1ccncc1.c1ccncc1.c1ccncc1.c1ccncc1.c1ccncc1.c1ccncc1. The third-order valence-electron chi connectivity index (χ3n) is 3.40. The minimum atomic E-state index is -3.63. The van der Waals surface area contributed by atoms with E-state index in [1.807, 2.05) is 109 Å². The van der Waals surface area contributed by atoms with Gasteiger partial charge in [-0.25, -0.2) is 0 Å². The summed E-state index contributed by atoms with van der Waals surface area (Å²) in [6.07, 6.45) is 21.0. The highest BCUT2D eigenvalue weighted by molar-refractivity contribution is 7.32. The highest BCUT2D eigenvalue weighted by Gasteiger charge is 1.69. The van der Waals surface area contributed by atoms with E-state index in [0.717, 1.165) is 0 Å². The average Bonchev–Trinajstić information content (AvgIpc) is 3.22. The van der Waals surface area contributed by atoms with Gasteiger partial charge in [-0.3, -0.25) is 57.3 Å². The standard InChI is InChI=1S/6C5H5N.6FH2O2P/c6*1-2-4-6-5-3-1;6*1-4(2)3/h6*1-5H;6*4H,(H,2,3). The molecule has 0 bridgehead atoms. The fourth-order valence-electron chi connectivity index (χ4n) is 1.88. The summed E-state index contributed by atoms with van der Waals surface area (Å²) in [4.78, 5) is 64.3. The molecule has 18 nitrogen and oxygen atoms in total.